The maximum absolute atomic E-state index is 15.2. The summed E-state index contributed by atoms with van der Waals surface area (Å²) in [6, 6.07) is 18.7. The van der Waals surface area contributed by atoms with Gasteiger partial charge in [0.15, 0.2) is 11.4 Å². The summed E-state index contributed by atoms with van der Waals surface area (Å²) in [5.74, 6) is -1.81. The van der Waals surface area contributed by atoms with Crippen LogP contribution in [0, 0.1) is 24.5 Å². The number of pyridine rings is 1. The number of rotatable bonds is 3. The summed E-state index contributed by atoms with van der Waals surface area (Å²) in [4.78, 5) is 27.8. The molecule has 39 heavy (non-hydrogen) atoms. The molecule has 1 N–H and O–H groups in total. The summed E-state index contributed by atoms with van der Waals surface area (Å²) >= 11 is 0. The average molecular weight is 526 g/mol. The summed E-state index contributed by atoms with van der Waals surface area (Å²) in [6.45, 7) is 1.99. The van der Waals surface area contributed by atoms with E-state index in [4.69, 9.17) is 0 Å². The van der Waals surface area contributed by atoms with Crippen LogP contribution in [0.25, 0.3) is 0 Å². The quantitative estimate of drug-likeness (QED) is 0.432. The van der Waals surface area contributed by atoms with Gasteiger partial charge in [-0.3, -0.25) is 19.3 Å². The molecule has 0 saturated carbocycles. The van der Waals surface area contributed by atoms with E-state index in [0.29, 0.717) is 11.1 Å². The number of fused-ring (bicyclic) bond motifs is 6. The Bertz CT molecular complexity index is 1730. The van der Waals surface area contributed by atoms with Gasteiger partial charge in [0, 0.05) is 24.7 Å². The van der Waals surface area contributed by atoms with E-state index in [-0.39, 0.29) is 36.5 Å². The molecule has 0 fully saturated rings. The zero-order valence-corrected chi connectivity index (χ0v) is 21.2. The van der Waals surface area contributed by atoms with Gasteiger partial charge in [0.1, 0.15) is 23.8 Å². The average Bonchev–Trinajstić information content (AvgIpc) is 3.40. The van der Waals surface area contributed by atoms with Gasteiger partial charge in [-0.1, -0.05) is 42.5 Å². The van der Waals surface area contributed by atoms with Crippen LogP contribution >= 0.6 is 0 Å². The Morgan fingerprint density at radius 1 is 0.949 bits per heavy atom. The Morgan fingerprint density at radius 2 is 1.69 bits per heavy atom. The molecule has 0 bridgehead atoms. The van der Waals surface area contributed by atoms with Crippen molar-refractivity contribution in [1.82, 2.24) is 9.58 Å². The standard InChI is InChI=1S/C31H25F2N3O3/c1-18-12-21-14-22-13-20-4-2-3-5-24(20)31(22,25(21)15-26(18)33)36-17-34(16-19-6-8-23(32)9-7-19)30(39)28-29(38)27(37)10-11-35(28)36/h2-12,15,22,38H,13-14,16-17H2,1H3. The first-order valence-electron chi connectivity index (χ1n) is 12.9. The second-order valence-electron chi connectivity index (χ2n) is 10.7. The van der Waals surface area contributed by atoms with Crippen molar-refractivity contribution in [3.63, 3.8) is 0 Å². The van der Waals surface area contributed by atoms with Crippen LogP contribution in [-0.4, -0.2) is 27.3 Å². The predicted octanol–water partition coefficient (Wildman–Crippen LogP) is 4.36. The molecule has 1 aromatic heterocycles. The Morgan fingerprint density at radius 3 is 2.49 bits per heavy atom. The minimum Gasteiger partial charge on any atom is -0.502 e. The highest BCUT2D eigenvalue weighted by atomic mass is 19.1. The Hall–Kier alpha value is -4.46. The van der Waals surface area contributed by atoms with Crippen LogP contribution < -0.4 is 10.4 Å². The smallest absolute Gasteiger partial charge is 0.278 e. The van der Waals surface area contributed by atoms with Crippen molar-refractivity contribution in [2.75, 3.05) is 11.7 Å². The lowest BCUT2D eigenvalue weighted by molar-refractivity contribution is 0.0630. The fourth-order valence-corrected chi connectivity index (χ4v) is 6.88. The summed E-state index contributed by atoms with van der Waals surface area (Å²) in [5, 5.41) is 12.9. The minimum atomic E-state index is -0.849. The monoisotopic (exact) mass is 525 g/mol. The summed E-state index contributed by atoms with van der Waals surface area (Å²) in [6.07, 6.45) is 2.99. The first-order chi connectivity index (χ1) is 18.8. The highest BCUT2D eigenvalue weighted by Crippen LogP contribution is 2.57. The molecule has 2 aliphatic carbocycles. The fraction of sp³-hybridized carbons (Fsp3) is 0.226. The molecule has 0 spiro atoms. The molecule has 8 heteroatoms. The lowest BCUT2D eigenvalue weighted by atomic mass is 9.81. The minimum absolute atomic E-state index is 0.0291. The van der Waals surface area contributed by atoms with Gasteiger partial charge < -0.3 is 10.0 Å². The molecule has 3 aliphatic rings. The van der Waals surface area contributed by atoms with Crippen molar-refractivity contribution in [2.45, 2.75) is 31.8 Å². The van der Waals surface area contributed by atoms with Gasteiger partial charge in [0.25, 0.3) is 5.91 Å². The summed E-state index contributed by atoms with van der Waals surface area (Å²) in [7, 11) is 0. The van der Waals surface area contributed by atoms with Crippen molar-refractivity contribution < 1.29 is 18.7 Å². The maximum Gasteiger partial charge on any atom is 0.278 e. The van der Waals surface area contributed by atoms with Crippen molar-refractivity contribution in [1.29, 1.82) is 0 Å². The molecule has 2 atom stereocenters. The van der Waals surface area contributed by atoms with E-state index in [1.165, 1.54) is 29.3 Å². The van der Waals surface area contributed by atoms with E-state index in [0.717, 1.165) is 35.1 Å². The highest BCUT2D eigenvalue weighted by molar-refractivity contribution is 5.96. The Labute approximate surface area is 223 Å². The second kappa shape index (κ2) is 8.27. The number of halogens is 2. The molecular weight excluding hydrogens is 500 g/mol. The van der Waals surface area contributed by atoms with E-state index in [1.807, 2.05) is 29.3 Å². The normalized spacial score (nSPS) is 21.0. The van der Waals surface area contributed by atoms with Crippen LogP contribution in [0.4, 0.5) is 8.78 Å². The Balaban J connectivity index is 1.48. The molecule has 0 saturated heterocycles. The van der Waals surface area contributed by atoms with Crippen molar-refractivity contribution in [3.05, 3.63) is 134 Å². The number of carbonyl (C=O) groups is 1. The van der Waals surface area contributed by atoms with Gasteiger partial charge in [0.2, 0.25) is 5.43 Å². The number of amides is 1. The van der Waals surface area contributed by atoms with Crippen molar-refractivity contribution in [2.24, 2.45) is 5.92 Å². The summed E-state index contributed by atoms with van der Waals surface area (Å²) < 4.78 is 30.4. The molecule has 196 valence electrons. The first-order valence-corrected chi connectivity index (χ1v) is 12.9. The second-order valence-corrected chi connectivity index (χ2v) is 10.7. The van der Waals surface area contributed by atoms with E-state index in [2.05, 4.69) is 6.07 Å². The molecule has 4 aromatic rings. The molecule has 6 nitrogen and oxygen atoms in total. The van der Waals surface area contributed by atoms with Crippen molar-refractivity contribution >= 4 is 5.91 Å². The topological polar surface area (TPSA) is 65.8 Å². The number of hydrogen-bond acceptors (Lipinski definition) is 4. The molecule has 7 rings (SSSR count). The van der Waals surface area contributed by atoms with Crippen LogP contribution in [0.2, 0.25) is 0 Å². The third-order valence-corrected chi connectivity index (χ3v) is 8.55. The van der Waals surface area contributed by atoms with E-state index in [9.17, 15) is 19.1 Å². The van der Waals surface area contributed by atoms with Gasteiger partial charge in [0.05, 0.1) is 0 Å². The Kier molecular flexibility index (Phi) is 5.01. The van der Waals surface area contributed by atoms with Gasteiger partial charge in [-0.2, -0.15) is 0 Å². The fourth-order valence-electron chi connectivity index (χ4n) is 6.88. The number of hydrogen-bond donors (Lipinski definition) is 1. The number of aromatic hydroxyl groups is 1. The molecule has 0 radical (unpaired) electrons. The van der Waals surface area contributed by atoms with Crippen LogP contribution in [0.5, 0.6) is 5.75 Å². The lowest BCUT2D eigenvalue weighted by Gasteiger charge is -2.50. The van der Waals surface area contributed by atoms with Gasteiger partial charge in [-0.15, -0.1) is 0 Å². The largest absolute Gasteiger partial charge is 0.502 e. The van der Waals surface area contributed by atoms with Crippen LogP contribution in [0.15, 0.2) is 77.7 Å². The zero-order chi connectivity index (χ0) is 27.1. The number of carbonyl (C=O) groups excluding carboxylic acids is 1. The van der Waals surface area contributed by atoms with Crippen LogP contribution in [-0.2, 0) is 24.9 Å². The van der Waals surface area contributed by atoms with Gasteiger partial charge in [-0.25, -0.2) is 8.78 Å². The SMILES string of the molecule is Cc1cc2c(cc1F)C1(N3CN(Cc4ccc(F)cc4)C(=O)c4c(O)c(=O)ccn43)c3ccccc3CC1C2. The predicted molar refractivity (Wildman–Crippen MR) is 141 cm³/mol. The van der Waals surface area contributed by atoms with Crippen LogP contribution in [0.1, 0.15) is 43.9 Å². The van der Waals surface area contributed by atoms with Gasteiger partial charge >= 0.3 is 0 Å². The number of aromatic nitrogens is 1. The first kappa shape index (κ1) is 23.6. The van der Waals surface area contributed by atoms with Gasteiger partial charge in [-0.05, 0) is 71.3 Å². The lowest BCUT2D eigenvalue weighted by Crippen LogP contribution is -2.63. The molecule has 1 amide bonds. The summed E-state index contributed by atoms with van der Waals surface area (Å²) in [5.41, 5.74) is 3.64. The number of nitrogens with zero attached hydrogens (tertiary/aromatic N) is 3. The third kappa shape index (κ3) is 3.24. The number of benzene rings is 3. The van der Waals surface area contributed by atoms with Crippen LogP contribution in [0.3, 0.4) is 0 Å². The maximum atomic E-state index is 15.2. The molecule has 1 aliphatic heterocycles. The third-order valence-electron chi connectivity index (χ3n) is 8.55. The molecule has 2 unspecified atom stereocenters. The van der Waals surface area contributed by atoms with E-state index < -0.39 is 22.6 Å². The molecule has 2 heterocycles. The molecule has 3 aromatic carbocycles. The van der Waals surface area contributed by atoms with Crippen molar-refractivity contribution in [3.8, 4) is 5.75 Å². The molecular formula is C31H25F2N3O3. The van der Waals surface area contributed by atoms with E-state index in [1.54, 1.807) is 29.8 Å². The van der Waals surface area contributed by atoms with E-state index >= 15 is 4.39 Å². The highest BCUT2D eigenvalue weighted by Gasteiger charge is 2.59. The number of aryl methyl sites for hydroxylation is 1. The zero-order valence-electron chi connectivity index (χ0n) is 21.2.